The Morgan fingerprint density at radius 2 is 1.94 bits per heavy atom. The predicted molar refractivity (Wildman–Crippen MR) is 63.8 cm³/mol. The van der Waals surface area contributed by atoms with Gasteiger partial charge in [-0.1, -0.05) is 13.8 Å². The van der Waals surface area contributed by atoms with E-state index in [0.717, 1.165) is 0 Å². The summed E-state index contributed by atoms with van der Waals surface area (Å²) in [7, 11) is 0. The Labute approximate surface area is 98.2 Å². The molecule has 17 heavy (non-hydrogen) atoms. The highest BCUT2D eigenvalue weighted by molar-refractivity contribution is 5.54. The first-order valence-electron chi connectivity index (χ1n) is 5.33. The minimum atomic E-state index is -0.306. The van der Waals surface area contributed by atoms with Gasteiger partial charge in [0, 0.05) is 18.0 Å². The summed E-state index contributed by atoms with van der Waals surface area (Å²) in [5.74, 6) is 0.0626. The first kappa shape index (κ1) is 11.3. The zero-order valence-electron chi connectivity index (χ0n) is 9.64. The Morgan fingerprint density at radius 1 is 1.29 bits per heavy atom. The summed E-state index contributed by atoms with van der Waals surface area (Å²) in [6.07, 6.45) is 3.20. The predicted octanol–water partition coefficient (Wildman–Crippen LogP) is 1.66. The smallest absolute Gasteiger partial charge is 0.258 e. The van der Waals surface area contributed by atoms with Crippen LogP contribution in [0.25, 0.3) is 11.4 Å². The molecular weight excluding hydrogens is 218 g/mol. The fourth-order valence-corrected chi connectivity index (χ4v) is 1.64. The van der Waals surface area contributed by atoms with E-state index < -0.39 is 0 Å². The van der Waals surface area contributed by atoms with Crippen LogP contribution in [0, 0.1) is 0 Å². The molecular formula is C12H13N3O2. The van der Waals surface area contributed by atoms with E-state index in [0.29, 0.717) is 17.0 Å². The van der Waals surface area contributed by atoms with Crippen LogP contribution in [0.3, 0.4) is 0 Å². The highest BCUT2D eigenvalue weighted by Gasteiger charge is 2.14. The van der Waals surface area contributed by atoms with Gasteiger partial charge < -0.3 is 10.1 Å². The SMILES string of the molecule is CC(C)c1c(O)nc(-c2ccncc2)[nH]c1=O. The largest absolute Gasteiger partial charge is 0.493 e. The van der Waals surface area contributed by atoms with Crippen LogP contribution in [0.2, 0.25) is 0 Å². The second-order valence-corrected chi connectivity index (χ2v) is 4.04. The number of hydrogen-bond acceptors (Lipinski definition) is 4. The molecule has 2 rings (SSSR count). The average Bonchev–Trinajstić information content (AvgIpc) is 2.28. The third-order valence-corrected chi connectivity index (χ3v) is 2.47. The van der Waals surface area contributed by atoms with Gasteiger partial charge >= 0.3 is 0 Å². The molecule has 2 heterocycles. The average molecular weight is 231 g/mol. The van der Waals surface area contributed by atoms with Crippen molar-refractivity contribution in [1.82, 2.24) is 15.0 Å². The van der Waals surface area contributed by atoms with Crippen molar-refractivity contribution in [3.63, 3.8) is 0 Å². The Kier molecular flexibility index (Phi) is 2.91. The summed E-state index contributed by atoms with van der Waals surface area (Å²) >= 11 is 0. The second kappa shape index (κ2) is 4.37. The number of pyridine rings is 1. The van der Waals surface area contributed by atoms with E-state index in [1.165, 1.54) is 0 Å². The third kappa shape index (κ3) is 2.18. The second-order valence-electron chi connectivity index (χ2n) is 4.04. The van der Waals surface area contributed by atoms with E-state index in [1.807, 2.05) is 13.8 Å². The van der Waals surface area contributed by atoms with E-state index in [2.05, 4.69) is 15.0 Å². The van der Waals surface area contributed by atoms with Crippen LogP contribution in [0.15, 0.2) is 29.3 Å². The Morgan fingerprint density at radius 3 is 2.47 bits per heavy atom. The van der Waals surface area contributed by atoms with Gasteiger partial charge in [0.15, 0.2) is 0 Å². The van der Waals surface area contributed by atoms with Gasteiger partial charge in [-0.15, -0.1) is 0 Å². The summed E-state index contributed by atoms with van der Waals surface area (Å²) in [4.78, 5) is 22.3. The van der Waals surface area contributed by atoms with Gasteiger partial charge in [-0.05, 0) is 18.1 Å². The van der Waals surface area contributed by atoms with Crippen LogP contribution in [-0.2, 0) is 0 Å². The number of aromatic hydroxyl groups is 1. The Balaban J connectivity index is 2.58. The lowest BCUT2D eigenvalue weighted by molar-refractivity contribution is 0.440. The van der Waals surface area contributed by atoms with Crippen LogP contribution in [-0.4, -0.2) is 20.1 Å². The Hall–Kier alpha value is -2.17. The highest BCUT2D eigenvalue weighted by Crippen LogP contribution is 2.21. The maximum Gasteiger partial charge on any atom is 0.258 e. The van der Waals surface area contributed by atoms with E-state index in [9.17, 15) is 9.90 Å². The fourth-order valence-electron chi connectivity index (χ4n) is 1.64. The summed E-state index contributed by atoms with van der Waals surface area (Å²) in [5.41, 5.74) is 0.713. The summed E-state index contributed by atoms with van der Waals surface area (Å²) in [5, 5.41) is 9.76. The van der Waals surface area contributed by atoms with Crippen molar-refractivity contribution < 1.29 is 5.11 Å². The topological polar surface area (TPSA) is 78.9 Å². The Bertz CT molecular complexity index is 576. The molecule has 0 radical (unpaired) electrons. The molecule has 0 amide bonds. The molecule has 0 spiro atoms. The van der Waals surface area contributed by atoms with Crippen molar-refractivity contribution in [1.29, 1.82) is 0 Å². The number of aromatic nitrogens is 3. The van der Waals surface area contributed by atoms with Crippen LogP contribution < -0.4 is 5.56 Å². The van der Waals surface area contributed by atoms with Gasteiger partial charge in [0.25, 0.3) is 5.56 Å². The van der Waals surface area contributed by atoms with Gasteiger partial charge in [-0.2, -0.15) is 4.98 Å². The van der Waals surface area contributed by atoms with Crippen molar-refractivity contribution in [2.24, 2.45) is 0 Å². The van der Waals surface area contributed by atoms with Gasteiger partial charge in [-0.25, -0.2) is 0 Å². The van der Waals surface area contributed by atoms with Crippen molar-refractivity contribution in [3.05, 3.63) is 40.4 Å². The standard InChI is InChI=1S/C12H13N3O2/c1-7(2)9-11(16)14-10(15-12(9)17)8-3-5-13-6-4-8/h3-7H,1-2H3,(H2,14,15,16,17). The van der Waals surface area contributed by atoms with Gasteiger partial charge in [0.1, 0.15) is 5.82 Å². The van der Waals surface area contributed by atoms with Crippen LogP contribution >= 0.6 is 0 Å². The summed E-state index contributed by atoms with van der Waals surface area (Å²) < 4.78 is 0. The number of aromatic amines is 1. The lowest BCUT2D eigenvalue weighted by Gasteiger charge is -2.08. The molecule has 5 nitrogen and oxygen atoms in total. The van der Waals surface area contributed by atoms with Gasteiger partial charge in [-0.3, -0.25) is 9.78 Å². The maximum atomic E-state index is 11.8. The molecule has 0 aromatic carbocycles. The molecule has 0 atom stereocenters. The lowest BCUT2D eigenvalue weighted by Crippen LogP contribution is -2.16. The van der Waals surface area contributed by atoms with E-state index in [-0.39, 0.29) is 17.4 Å². The first-order valence-corrected chi connectivity index (χ1v) is 5.33. The zero-order valence-corrected chi connectivity index (χ0v) is 9.64. The van der Waals surface area contributed by atoms with E-state index in [4.69, 9.17) is 0 Å². The molecule has 0 saturated heterocycles. The molecule has 5 heteroatoms. The van der Waals surface area contributed by atoms with Crippen molar-refractivity contribution in [2.45, 2.75) is 19.8 Å². The fraction of sp³-hybridized carbons (Fsp3) is 0.250. The number of nitrogens with zero attached hydrogens (tertiary/aromatic N) is 2. The van der Waals surface area contributed by atoms with Crippen LogP contribution in [0.4, 0.5) is 0 Å². The monoisotopic (exact) mass is 231 g/mol. The van der Waals surface area contributed by atoms with Crippen molar-refractivity contribution >= 4 is 0 Å². The van der Waals surface area contributed by atoms with Gasteiger partial charge in [0.2, 0.25) is 5.88 Å². The molecule has 2 N–H and O–H groups in total. The minimum absolute atomic E-state index is 0.0715. The van der Waals surface area contributed by atoms with E-state index in [1.54, 1.807) is 24.5 Å². The van der Waals surface area contributed by atoms with Crippen molar-refractivity contribution in [2.75, 3.05) is 0 Å². The van der Waals surface area contributed by atoms with E-state index >= 15 is 0 Å². The third-order valence-electron chi connectivity index (χ3n) is 2.47. The molecule has 0 saturated carbocycles. The minimum Gasteiger partial charge on any atom is -0.493 e. The van der Waals surface area contributed by atoms with Gasteiger partial charge in [0.05, 0.1) is 5.56 Å². The molecule has 0 aliphatic carbocycles. The molecule has 88 valence electrons. The molecule has 0 aliphatic heterocycles. The van der Waals surface area contributed by atoms with Crippen LogP contribution in [0.1, 0.15) is 25.3 Å². The van der Waals surface area contributed by atoms with Crippen LogP contribution in [0.5, 0.6) is 5.88 Å². The molecule has 0 bridgehead atoms. The van der Waals surface area contributed by atoms with Crippen molar-refractivity contribution in [3.8, 4) is 17.3 Å². The number of hydrogen-bond donors (Lipinski definition) is 2. The molecule has 0 unspecified atom stereocenters. The highest BCUT2D eigenvalue weighted by atomic mass is 16.3. The molecule has 2 aromatic heterocycles. The summed E-state index contributed by atoms with van der Waals surface area (Å²) in [6, 6.07) is 3.43. The summed E-state index contributed by atoms with van der Waals surface area (Å²) in [6.45, 7) is 3.66. The normalized spacial score (nSPS) is 10.8. The molecule has 0 fully saturated rings. The number of nitrogens with one attached hydrogen (secondary N) is 1. The number of rotatable bonds is 2. The molecule has 2 aromatic rings. The lowest BCUT2D eigenvalue weighted by atomic mass is 10.1. The molecule has 0 aliphatic rings. The number of H-pyrrole nitrogens is 1. The zero-order chi connectivity index (χ0) is 12.4. The first-order chi connectivity index (χ1) is 8.09. The quantitative estimate of drug-likeness (QED) is 0.823. The maximum absolute atomic E-state index is 11.8.